The smallest absolute Gasteiger partial charge is 0.340 e. The van der Waals surface area contributed by atoms with Gasteiger partial charge in [0.2, 0.25) is 14.7 Å². The van der Waals surface area contributed by atoms with Crippen molar-refractivity contribution in [2.75, 3.05) is 20.3 Å². The Bertz CT molecular complexity index is 1280. The van der Waals surface area contributed by atoms with Crippen molar-refractivity contribution in [2.45, 2.75) is 16.2 Å². The summed E-state index contributed by atoms with van der Waals surface area (Å²) in [6.45, 7) is 0.914. The van der Waals surface area contributed by atoms with E-state index < -0.39 is 27.1 Å². The highest BCUT2D eigenvalue weighted by atomic mass is 32.2. The van der Waals surface area contributed by atoms with Crippen molar-refractivity contribution >= 4 is 15.8 Å². The molecule has 0 aliphatic heterocycles. The molecule has 0 bridgehead atoms. The molecule has 0 amide bonds. The van der Waals surface area contributed by atoms with E-state index in [1.807, 2.05) is 18.2 Å². The van der Waals surface area contributed by atoms with Gasteiger partial charge >= 0.3 is 5.97 Å². The minimum atomic E-state index is -4.43. The number of nitrogens with two attached hydrogens (primary N) is 1. The molecule has 3 aromatic carbocycles. The number of rotatable bonds is 9. The Hall–Kier alpha value is -3.64. The minimum Gasteiger partial charge on any atom is -0.491 e. The van der Waals surface area contributed by atoms with Gasteiger partial charge in [-0.05, 0) is 47.5 Å². The van der Waals surface area contributed by atoms with Gasteiger partial charge in [-0.3, -0.25) is 0 Å². The fourth-order valence-electron chi connectivity index (χ4n) is 3.11. The molecule has 3 N–H and O–H groups in total. The van der Waals surface area contributed by atoms with E-state index in [1.165, 1.54) is 12.1 Å². The second kappa shape index (κ2) is 11.0. The van der Waals surface area contributed by atoms with Crippen molar-refractivity contribution in [1.29, 1.82) is 0 Å². The number of benzene rings is 3. The number of hydrogen-bond donors (Lipinski definition) is 2. The summed E-state index contributed by atoms with van der Waals surface area (Å²) in [5, 5.41) is 9.67. The van der Waals surface area contributed by atoms with Gasteiger partial charge in [0.05, 0.1) is 17.9 Å². The molecule has 34 heavy (non-hydrogen) atoms. The van der Waals surface area contributed by atoms with Crippen molar-refractivity contribution in [1.82, 2.24) is 0 Å². The van der Waals surface area contributed by atoms with Crippen molar-refractivity contribution in [3.05, 3.63) is 84.4 Å². The van der Waals surface area contributed by atoms with Crippen molar-refractivity contribution in [2.24, 2.45) is 5.73 Å². The molecule has 0 radical (unpaired) electrons. The Balaban J connectivity index is 1.80. The number of carbonyl (C=O) groups is 1. The van der Waals surface area contributed by atoms with Crippen LogP contribution in [0.1, 0.15) is 12.0 Å². The summed E-state index contributed by atoms with van der Waals surface area (Å²) in [7, 11) is -2.83. The van der Waals surface area contributed by atoms with E-state index in [4.69, 9.17) is 15.2 Å². The van der Waals surface area contributed by atoms with E-state index in [1.54, 1.807) is 55.6 Å². The van der Waals surface area contributed by atoms with Crippen molar-refractivity contribution in [3.63, 3.8) is 0 Å². The number of carboxylic acid groups (broad SMARTS) is 1. The van der Waals surface area contributed by atoms with Crippen LogP contribution < -0.4 is 10.5 Å². The first-order valence-corrected chi connectivity index (χ1v) is 11.9. The molecule has 1 unspecified atom stereocenters. The van der Waals surface area contributed by atoms with E-state index in [-0.39, 0.29) is 4.90 Å². The summed E-state index contributed by atoms with van der Waals surface area (Å²) in [6.07, 6.45) is -0.564. The van der Waals surface area contributed by atoms with Gasteiger partial charge < -0.3 is 20.3 Å². The average molecular weight is 480 g/mol. The zero-order valence-electron chi connectivity index (χ0n) is 18.6. The predicted octanol–water partition coefficient (Wildman–Crippen LogP) is 3.33. The number of carboxylic acids is 1. The molecule has 0 saturated carbocycles. The molecule has 1 atom stereocenters. The number of ether oxygens (including phenoxy) is 2. The van der Waals surface area contributed by atoms with Crippen LogP contribution in [0.15, 0.2) is 83.8 Å². The van der Waals surface area contributed by atoms with Gasteiger partial charge in [0.15, 0.2) is 0 Å². The van der Waals surface area contributed by atoms with Crippen LogP contribution in [-0.4, -0.2) is 44.7 Å². The third-order valence-corrected chi connectivity index (χ3v) is 7.28. The van der Waals surface area contributed by atoms with Gasteiger partial charge in [-0.15, -0.1) is 0 Å². The summed E-state index contributed by atoms with van der Waals surface area (Å²) in [4.78, 5) is 9.13. The van der Waals surface area contributed by atoms with Crippen molar-refractivity contribution < 1.29 is 27.8 Å². The lowest BCUT2D eigenvalue weighted by molar-refractivity contribution is -0.139. The van der Waals surface area contributed by atoms with E-state index >= 15 is 0 Å². The summed E-state index contributed by atoms with van der Waals surface area (Å²) in [5.41, 5.74) is 8.14. The molecule has 0 heterocycles. The van der Waals surface area contributed by atoms with Gasteiger partial charge in [-0.2, -0.15) is 0 Å². The lowest BCUT2D eigenvalue weighted by Gasteiger charge is -2.22. The number of hydrogen-bond acceptors (Lipinski definition) is 6. The van der Waals surface area contributed by atoms with Crippen molar-refractivity contribution in [3.8, 4) is 28.7 Å². The predicted molar refractivity (Wildman–Crippen MR) is 129 cm³/mol. The maximum Gasteiger partial charge on any atom is 0.340 e. The Kier molecular flexibility index (Phi) is 8.08. The van der Waals surface area contributed by atoms with Crippen LogP contribution in [0.2, 0.25) is 0 Å². The molecule has 176 valence electrons. The van der Waals surface area contributed by atoms with Crippen LogP contribution in [-0.2, 0) is 19.4 Å². The number of sulfone groups is 1. The standard InChI is InChI=1S/C26H25NO6S/c1-32-18-19-33-23-13-9-21(10-14-23)22-11-15-24(16-12-22)34(30,31)26(27,25(28)29)17-5-8-20-6-3-2-4-7-20/h2-4,6-7,9-16H,17-19,27H2,1H3,(H,28,29). The molecule has 0 aromatic heterocycles. The zero-order valence-corrected chi connectivity index (χ0v) is 19.4. The normalized spacial score (nSPS) is 12.8. The van der Waals surface area contributed by atoms with E-state index in [0.29, 0.717) is 24.5 Å². The van der Waals surface area contributed by atoms with E-state index in [9.17, 15) is 18.3 Å². The quantitative estimate of drug-likeness (QED) is 0.357. The maximum absolute atomic E-state index is 13.2. The second-order valence-corrected chi connectivity index (χ2v) is 9.64. The summed E-state index contributed by atoms with van der Waals surface area (Å²) in [6, 6.07) is 22.0. The van der Waals surface area contributed by atoms with Crippen LogP contribution in [0.25, 0.3) is 11.1 Å². The van der Waals surface area contributed by atoms with Gasteiger partial charge in [0, 0.05) is 12.7 Å². The van der Waals surface area contributed by atoms with Crippen LogP contribution in [0.4, 0.5) is 0 Å². The molecule has 0 saturated heterocycles. The van der Waals surface area contributed by atoms with Crippen LogP contribution in [0, 0.1) is 11.8 Å². The Labute approximate surface area is 199 Å². The molecule has 3 rings (SSSR count). The highest BCUT2D eigenvalue weighted by molar-refractivity contribution is 7.93. The largest absolute Gasteiger partial charge is 0.491 e. The molecular weight excluding hydrogens is 454 g/mol. The van der Waals surface area contributed by atoms with Gasteiger partial charge in [0.25, 0.3) is 0 Å². The summed E-state index contributed by atoms with van der Waals surface area (Å²) >= 11 is 0. The molecule has 0 fully saturated rings. The van der Waals surface area contributed by atoms with Gasteiger partial charge in [-0.25, -0.2) is 13.2 Å². The zero-order chi connectivity index (χ0) is 24.6. The van der Waals surface area contributed by atoms with Gasteiger partial charge in [0.1, 0.15) is 12.4 Å². The molecule has 0 spiro atoms. The summed E-state index contributed by atoms with van der Waals surface area (Å²) < 4.78 is 36.8. The first kappa shape index (κ1) is 25.0. The third kappa shape index (κ3) is 5.64. The lowest BCUT2D eigenvalue weighted by atomic mass is 10.1. The molecule has 7 nitrogen and oxygen atoms in total. The molecule has 3 aromatic rings. The fraction of sp³-hybridized carbons (Fsp3) is 0.192. The van der Waals surface area contributed by atoms with Gasteiger partial charge in [-0.1, -0.05) is 54.3 Å². The second-order valence-electron chi connectivity index (χ2n) is 7.43. The molecule has 8 heteroatoms. The summed E-state index contributed by atoms with van der Waals surface area (Å²) in [5.74, 6) is 4.38. The molecule has 0 aliphatic carbocycles. The average Bonchev–Trinajstić information content (AvgIpc) is 2.85. The van der Waals surface area contributed by atoms with Crippen LogP contribution in [0.3, 0.4) is 0 Å². The topological polar surface area (TPSA) is 116 Å². The number of aliphatic carboxylic acids is 1. The SMILES string of the molecule is COCCOc1ccc(-c2ccc(S(=O)(=O)C(N)(CC#Cc3ccccc3)C(=O)O)cc2)cc1. The molecular formula is C26H25NO6S. The number of methoxy groups -OCH3 is 1. The maximum atomic E-state index is 13.2. The highest BCUT2D eigenvalue weighted by Gasteiger charge is 2.48. The highest BCUT2D eigenvalue weighted by Crippen LogP contribution is 2.28. The van der Waals surface area contributed by atoms with E-state index in [0.717, 1.165) is 11.1 Å². The van der Waals surface area contributed by atoms with Crippen LogP contribution >= 0.6 is 0 Å². The monoisotopic (exact) mass is 479 g/mol. The Morgan fingerprint density at radius 3 is 2.09 bits per heavy atom. The minimum absolute atomic E-state index is 0.192. The Morgan fingerprint density at radius 2 is 1.53 bits per heavy atom. The first-order valence-electron chi connectivity index (χ1n) is 10.4. The van der Waals surface area contributed by atoms with E-state index in [2.05, 4.69) is 11.8 Å². The van der Waals surface area contributed by atoms with Crippen LogP contribution in [0.5, 0.6) is 5.75 Å². The molecule has 0 aliphatic rings. The fourth-order valence-corrected chi connectivity index (χ4v) is 4.51. The lowest BCUT2D eigenvalue weighted by Crippen LogP contribution is -2.54. The third-order valence-electron chi connectivity index (χ3n) is 5.11. The Morgan fingerprint density at radius 1 is 0.941 bits per heavy atom. The first-order chi connectivity index (χ1) is 16.3.